The van der Waals surface area contributed by atoms with E-state index in [0.29, 0.717) is 19.3 Å². The Balaban J connectivity index is 2.10. The van der Waals surface area contributed by atoms with Crippen molar-refractivity contribution in [3.8, 4) is 0 Å². The van der Waals surface area contributed by atoms with Gasteiger partial charge in [0.05, 0.1) is 5.52 Å². The molecule has 0 aliphatic rings. The van der Waals surface area contributed by atoms with Gasteiger partial charge in [-0.05, 0) is 18.6 Å². The number of pyridine rings is 1. The minimum absolute atomic E-state index is 0.0269. The van der Waals surface area contributed by atoms with Crippen molar-refractivity contribution in [3.05, 3.63) is 42.1 Å². The molecule has 104 valence electrons. The number of nitrogens with one attached hydrogen (secondary N) is 1. The normalized spacial score (nSPS) is 12.0. The van der Waals surface area contributed by atoms with E-state index in [-0.39, 0.29) is 12.5 Å². The van der Waals surface area contributed by atoms with Crippen molar-refractivity contribution in [2.75, 3.05) is 0 Å². The molecule has 1 aromatic carbocycles. The lowest BCUT2D eigenvalue weighted by atomic mass is 10.0. The highest BCUT2D eigenvalue weighted by Gasteiger charge is 2.12. The summed E-state index contributed by atoms with van der Waals surface area (Å²) in [5, 5.41) is 12.4. The van der Waals surface area contributed by atoms with Gasteiger partial charge in [0.25, 0.3) is 0 Å². The van der Waals surface area contributed by atoms with Gasteiger partial charge < -0.3 is 10.4 Å². The van der Waals surface area contributed by atoms with E-state index in [1.165, 1.54) is 0 Å². The van der Waals surface area contributed by atoms with Crippen LogP contribution >= 0.6 is 0 Å². The van der Waals surface area contributed by atoms with Crippen molar-refractivity contribution >= 4 is 23.3 Å². The minimum atomic E-state index is -0.867. The van der Waals surface area contributed by atoms with Crippen LogP contribution in [0.25, 0.3) is 10.9 Å². The molecule has 0 radical (unpaired) electrons. The first-order valence-corrected chi connectivity index (χ1v) is 6.45. The zero-order chi connectivity index (χ0) is 14.4. The molecular weight excluding hydrogens is 256 g/mol. The van der Waals surface area contributed by atoms with Gasteiger partial charge in [-0.1, -0.05) is 24.3 Å². The van der Waals surface area contributed by atoms with Gasteiger partial charge in [-0.15, -0.1) is 0 Å². The first kappa shape index (κ1) is 14.0. The number of aliphatic carboxylic acids is 1. The van der Waals surface area contributed by atoms with E-state index >= 15 is 0 Å². The van der Waals surface area contributed by atoms with Crippen molar-refractivity contribution < 1.29 is 14.7 Å². The third kappa shape index (κ3) is 3.78. The Morgan fingerprint density at radius 1 is 1.30 bits per heavy atom. The Morgan fingerprint density at radius 2 is 2.10 bits per heavy atom. The van der Waals surface area contributed by atoms with Crippen LogP contribution in [0, 0.1) is 0 Å². The molecule has 2 aromatic rings. The van der Waals surface area contributed by atoms with Crippen LogP contribution in [-0.2, 0) is 16.0 Å². The SMILES string of the molecule is O=CNC(CCC(=O)O)Cc1ccc2ccccc2n1. The van der Waals surface area contributed by atoms with E-state index < -0.39 is 5.97 Å². The van der Waals surface area contributed by atoms with E-state index in [0.717, 1.165) is 16.6 Å². The number of hydrogen-bond acceptors (Lipinski definition) is 3. The van der Waals surface area contributed by atoms with Gasteiger partial charge in [-0.2, -0.15) is 0 Å². The number of hydrogen-bond donors (Lipinski definition) is 2. The molecule has 0 fully saturated rings. The smallest absolute Gasteiger partial charge is 0.303 e. The van der Waals surface area contributed by atoms with Crippen LogP contribution in [0.2, 0.25) is 0 Å². The van der Waals surface area contributed by atoms with Crippen LogP contribution in [0.15, 0.2) is 36.4 Å². The second-order valence-corrected chi connectivity index (χ2v) is 4.61. The van der Waals surface area contributed by atoms with Gasteiger partial charge in [-0.25, -0.2) is 0 Å². The van der Waals surface area contributed by atoms with Crippen LogP contribution < -0.4 is 5.32 Å². The van der Waals surface area contributed by atoms with Crippen molar-refractivity contribution in [1.82, 2.24) is 10.3 Å². The molecular formula is C15H16N2O3. The Labute approximate surface area is 116 Å². The summed E-state index contributed by atoms with van der Waals surface area (Å²) in [6.07, 6.45) is 1.55. The second-order valence-electron chi connectivity index (χ2n) is 4.61. The molecule has 0 aliphatic heterocycles. The maximum absolute atomic E-state index is 10.6. The Morgan fingerprint density at radius 3 is 2.85 bits per heavy atom. The Kier molecular flexibility index (Phi) is 4.65. The Bertz CT molecular complexity index is 613. The van der Waals surface area contributed by atoms with E-state index in [4.69, 9.17) is 5.11 Å². The van der Waals surface area contributed by atoms with Crippen LogP contribution in [-0.4, -0.2) is 28.5 Å². The number of carboxylic acid groups (broad SMARTS) is 1. The monoisotopic (exact) mass is 272 g/mol. The lowest BCUT2D eigenvalue weighted by Crippen LogP contribution is -2.30. The maximum atomic E-state index is 10.6. The number of para-hydroxylation sites is 1. The largest absolute Gasteiger partial charge is 0.481 e. The highest BCUT2D eigenvalue weighted by Crippen LogP contribution is 2.13. The number of nitrogens with zero attached hydrogens (tertiary/aromatic N) is 1. The third-order valence-corrected chi connectivity index (χ3v) is 3.12. The highest BCUT2D eigenvalue weighted by atomic mass is 16.4. The average molecular weight is 272 g/mol. The minimum Gasteiger partial charge on any atom is -0.481 e. The Hall–Kier alpha value is -2.43. The van der Waals surface area contributed by atoms with E-state index in [1.807, 2.05) is 36.4 Å². The highest BCUT2D eigenvalue weighted by molar-refractivity contribution is 5.78. The number of carboxylic acids is 1. The molecule has 1 unspecified atom stereocenters. The van der Waals surface area contributed by atoms with Gasteiger partial charge in [0.15, 0.2) is 0 Å². The molecule has 0 saturated heterocycles. The molecule has 5 heteroatoms. The zero-order valence-electron chi connectivity index (χ0n) is 11.0. The molecule has 0 aliphatic carbocycles. The van der Waals surface area contributed by atoms with Crippen LogP contribution in [0.3, 0.4) is 0 Å². The summed E-state index contributed by atoms with van der Waals surface area (Å²) < 4.78 is 0. The molecule has 0 saturated carbocycles. The summed E-state index contributed by atoms with van der Waals surface area (Å²) in [4.78, 5) is 25.7. The summed E-state index contributed by atoms with van der Waals surface area (Å²) in [7, 11) is 0. The number of carbonyl (C=O) groups excluding carboxylic acids is 1. The summed E-state index contributed by atoms with van der Waals surface area (Å²) >= 11 is 0. The second kappa shape index (κ2) is 6.65. The fourth-order valence-corrected chi connectivity index (χ4v) is 2.11. The van der Waals surface area contributed by atoms with Gasteiger partial charge in [0.1, 0.15) is 0 Å². The van der Waals surface area contributed by atoms with E-state index in [2.05, 4.69) is 10.3 Å². The van der Waals surface area contributed by atoms with Crippen molar-refractivity contribution in [2.45, 2.75) is 25.3 Å². The number of carbonyl (C=O) groups is 2. The first-order chi connectivity index (χ1) is 9.69. The van der Waals surface area contributed by atoms with Crippen molar-refractivity contribution in [2.24, 2.45) is 0 Å². The van der Waals surface area contributed by atoms with Gasteiger partial charge in [-0.3, -0.25) is 14.6 Å². The molecule has 0 bridgehead atoms. The van der Waals surface area contributed by atoms with Crippen LogP contribution in [0.4, 0.5) is 0 Å². The number of rotatable bonds is 7. The van der Waals surface area contributed by atoms with Crippen molar-refractivity contribution in [3.63, 3.8) is 0 Å². The maximum Gasteiger partial charge on any atom is 0.303 e. The fourth-order valence-electron chi connectivity index (χ4n) is 2.11. The summed E-state index contributed by atoms with van der Waals surface area (Å²) in [5.74, 6) is -0.867. The molecule has 5 nitrogen and oxygen atoms in total. The van der Waals surface area contributed by atoms with Crippen LogP contribution in [0.1, 0.15) is 18.5 Å². The topological polar surface area (TPSA) is 79.3 Å². The molecule has 1 heterocycles. The standard InChI is InChI=1S/C15H16N2O3/c18-10-16-12(7-8-15(19)20)9-13-6-5-11-3-1-2-4-14(11)17-13/h1-6,10,12H,7-9H2,(H,16,18)(H,19,20). The number of fused-ring (bicyclic) bond motifs is 1. The number of amides is 1. The molecule has 2 rings (SSSR count). The zero-order valence-corrected chi connectivity index (χ0v) is 11.0. The van der Waals surface area contributed by atoms with E-state index in [9.17, 15) is 9.59 Å². The summed E-state index contributed by atoms with van der Waals surface area (Å²) in [6, 6.07) is 11.5. The molecule has 1 atom stereocenters. The lowest BCUT2D eigenvalue weighted by molar-refractivity contribution is -0.137. The van der Waals surface area contributed by atoms with Crippen molar-refractivity contribution in [1.29, 1.82) is 0 Å². The molecule has 2 N–H and O–H groups in total. The summed E-state index contributed by atoms with van der Waals surface area (Å²) in [6.45, 7) is 0. The molecule has 0 spiro atoms. The predicted molar refractivity (Wildman–Crippen MR) is 75.3 cm³/mol. The molecule has 20 heavy (non-hydrogen) atoms. The van der Waals surface area contributed by atoms with Gasteiger partial charge in [0, 0.05) is 30.0 Å². The fraction of sp³-hybridized carbons (Fsp3) is 0.267. The lowest BCUT2D eigenvalue weighted by Gasteiger charge is -2.14. The van der Waals surface area contributed by atoms with Gasteiger partial charge >= 0.3 is 5.97 Å². The molecule has 1 amide bonds. The van der Waals surface area contributed by atoms with Gasteiger partial charge in [0.2, 0.25) is 6.41 Å². The summed E-state index contributed by atoms with van der Waals surface area (Å²) in [5.41, 5.74) is 1.74. The first-order valence-electron chi connectivity index (χ1n) is 6.45. The number of benzene rings is 1. The van der Waals surface area contributed by atoms with Crippen LogP contribution in [0.5, 0.6) is 0 Å². The quantitative estimate of drug-likeness (QED) is 0.753. The predicted octanol–water partition coefficient (Wildman–Crippen LogP) is 1.76. The average Bonchev–Trinajstić information content (AvgIpc) is 2.45. The molecule has 1 aromatic heterocycles. The number of aromatic nitrogens is 1. The van der Waals surface area contributed by atoms with E-state index in [1.54, 1.807) is 0 Å². The third-order valence-electron chi connectivity index (χ3n) is 3.12.